The SMILES string of the molecule is CCNC(=NCCC(CC)N1CCCC1=O)N1CCC(c2ccc(OC)cc2)C1.I. The van der Waals surface area contributed by atoms with E-state index in [0.29, 0.717) is 24.3 Å². The molecule has 7 heteroatoms. The van der Waals surface area contributed by atoms with Crippen LogP contribution >= 0.6 is 24.0 Å². The van der Waals surface area contributed by atoms with Crippen molar-refractivity contribution in [3.8, 4) is 5.75 Å². The molecule has 2 aliphatic rings. The van der Waals surface area contributed by atoms with Gasteiger partial charge in [0.15, 0.2) is 5.96 Å². The third-order valence-electron chi connectivity index (χ3n) is 6.16. The fraction of sp³-hybridized carbons (Fsp3) is 0.652. The van der Waals surface area contributed by atoms with Crippen LogP contribution in [0.4, 0.5) is 0 Å². The molecule has 0 radical (unpaired) electrons. The molecule has 2 saturated heterocycles. The van der Waals surface area contributed by atoms with Gasteiger partial charge in [-0.2, -0.15) is 0 Å². The van der Waals surface area contributed by atoms with Crippen LogP contribution in [0.3, 0.4) is 0 Å². The van der Waals surface area contributed by atoms with Gasteiger partial charge in [-0.05, 0) is 50.3 Å². The number of benzene rings is 1. The molecule has 30 heavy (non-hydrogen) atoms. The highest BCUT2D eigenvalue weighted by atomic mass is 127. The van der Waals surface area contributed by atoms with Crippen LogP contribution in [0, 0.1) is 0 Å². The topological polar surface area (TPSA) is 57.2 Å². The van der Waals surface area contributed by atoms with Crippen molar-refractivity contribution in [3.63, 3.8) is 0 Å². The fourth-order valence-electron chi connectivity index (χ4n) is 4.48. The number of guanidine groups is 1. The summed E-state index contributed by atoms with van der Waals surface area (Å²) in [6, 6.07) is 8.76. The number of amides is 1. The van der Waals surface area contributed by atoms with E-state index in [1.807, 2.05) is 12.1 Å². The Morgan fingerprint density at radius 2 is 2.03 bits per heavy atom. The highest BCUT2D eigenvalue weighted by Crippen LogP contribution is 2.28. The minimum Gasteiger partial charge on any atom is -0.497 e. The first-order valence-electron chi connectivity index (χ1n) is 11.1. The molecule has 2 aliphatic heterocycles. The maximum atomic E-state index is 12.1. The van der Waals surface area contributed by atoms with E-state index >= 15 is 0 Å². The van der Waals surface area contributed by atoms with E-state index in [2.05, 4.69) is 41.1 Å². The zero-order chi connectivity index (χ0) is 20.6. The summed E-state index contributed by atoms with van der Waals surface area (Å²) in [5.41, 5.74) is 1.36. The van der Waals surface area contributed by atoms with Gasteiger partial charge in [-0.3, -0.25) is 9.79 Å². The molecule has 1 aromatic rings. The van der Waals surface area contributed by atoms with Gasteiger partial charge >= 0.3 is 0 Å². The molecule has 2 fully saturated rings. The molecule has 168 valence electrons. The number of carbonyl (C=O) groups is 1. The van der Waals surface area contributed by atoms with Crippen molar-refractivity contribution in [1.82, 2.24) is 15.1 Å². The first-order valence-corrected chi connectivity index (χ1v) is 11.1. The van der Waals surface area contributed by atoms with Crippen LogP contribution in [0.15, 0.2) is 29.3 Å². The van der Waals surface area contributed by atoms with Crippen LogP contribution in [-0.2, 0) is 4.79 Å². The summed E-state index contributed by atoms with van der Waals surface area (Å²) < 4.78 is 5.28. The molecule has 0 saturated carbocycles. The lowest BCUT2D eigenvalue weighted by Gasteiger charge is -2.27. The van der Waals surface area contributed by atoms with Gasteiger partial charge in [-0.1, -0.05) is 19.1 Å². The lowest BCUT2D eigenvalue weighted by Crippen LogP contribution is -2.40. The van der Waals surface area contributed by atoms with Crippen LogP contribution in [0.25, 0.3) is 0 Å². The average Bonchev–Trinajstić information content (AvgIpc) is 3.40. The van der Waals surface area contributed by atoms with Crippen LogP contribution in [0.1, 0.15) is 57.4 Å². The predicted molar refractivity (Wildman–Crippen MR) is 133 cm³/mol. The van der Waals surface area contributed by atoms with Gasteiger partial charge in [-0.15, -0.1) is 24.0 Å². The lowest BCUT2D eigenvalue weighted by molar-refractivity contribution is -0.129. The number of hydrogen-bond donors (Lipinski definition) is 1. The molecular formula is C23H37IN4O2. The smallest absolute Gasteiger partial charge is 0.222 e. The van der Waals surface area contributed by atoms with Crippen molar-refractivity contribution in [1.29, 1.82) is 0 Å². The molecule has 1 N–H and O–H groups in total. The maximum Gasteiger partial charge on any atom is 0.222 e. The maximum absolute atomic E-state index is 12.1. The third kappa shape index (κ3) is 6.25. The van der Waals surface area contributed by atoms with Crippen LogP contribution in [0.2, 0.25) is 0 Å². The summed E-state index contributed by atoms with van der Waals surface area (Å²) >= 11 is 0. The van der Waals surface area contributed by atoms with Crippen LogP contribution < -0.4 is 10.1 Å². The standard InChI is InChI=1S/C23H36N4O2.HI/c1-4-20(27-15-6-7-22(27)28)12-14-25-23(24-5-2)26-16-13-19(17-26)18-8-10-21(29-3)11-9-18;/h8-11,19-20H,4-7,12-17H2,1-3H3,(H,24,25);1H. The molecule has 2 unspecified atom stereocenters. The number of nitrogens with one attached hydrogen (secondary N) is 1. The number of carbonyl (C=O) groups excluding carboxylic acids is 1. The number of aliphatic imine (C=N–C) groups is 1. The summed E-state index contributed by atoms with van der Waals surface area (Å²) in [5.74, 6) is 2.75. The van der Waals surface area contributed by atoms with E-state index in [9.17, 15) is 4.79 Å². The summed E-state index contributed by atoms with van der Waals surface area (Å²) in [7, 11) is 1.70. The molecule has 3 rings (SSSR count). The molecule has 0 aliphatic carbocycles. The van der Waals surface area contributed by atoms with E-state index < -0.39 is 0 Å². The number of nitrogens with zero attached hydrogens (tertiary/aromatic N) is 3. The Labute approximate surface area is 198 Å². The Hall–Kier alpha value is -1.51. The quantitative estimate of drug-likeness (QED) is 0.317. The van der Waals surface area contributed by atoms with E-state index in [0.717, 1.165) is 70.1 Å². The highest BCUT2D eigenvalue weighted by molar-refractivity contribution is 14.0. The minimum atomic E-state index is 0. The molecule has 0 bridgehead atoms. The number of methoxy groups -OCH3 is 1. The fourth-order valence-corrected chi connectivity index (χ4v) is 4.48. The summed E-state index contributed by atoms with van der Waals surface area (Å²) in [6.45, 7) is 8.83. The Balaban J connectivity index is 0.00000320. The molecular weight excluding hydrogens is 491 g/mol. The number of ether oxygens (including phenoxy) is 1. The monoisotopic (exact) mass is 528 g/mol. The second kappa shape index (κ2) is 12.4. The van der Waals surface area contributed by atoms with E-state index in [1.165, 1.54) is 5.56 Å². The van der Waals surface area contributed by atoms with E-state index in [4.69, 9.17) is 9.73 Å². The molecule has 0 aromatic heterocycles. The van der Waals surface area contributed by atoms with Crippen molar-refractivity contribution >= 4 is 35.8 Å². The number of hydrogen-bond acceptors (Lipinski definition) is 3. The van der Waals surface area contributed by atoms with Crippen molar-refractivity contribution in [2.75, 3.05) is 39.8 Å². The first-order chi connectivity index (χ1) is 14.2. The Morgan fingerprint density at radius 3 is 2.63 bits per heavy atom. The van der Waals surface area contributed by atoms with E-state index in [-0.39, 0.29) is 24.0 Å². The zero-order valence-electron chi connectivity index (χ0n) is 18.6. The number of halogens is 1. The average molecular weight is 528 g/mol. The second-order valence-corrected chi connectivity index (χ2v) is 7.98. The van der Waals surface area contributed by atoms with Gasteiger partial charge in [0.25, 0.3) is 0 Å². The highest BCUT2D eigenvalue weighted by Gasteiger charge is 2.28. The van der Waals surface area contributed by atoms with Crippen molar-refractivity contribution in [2.24, 2.45) is 4.99 Å². The molecule has 1 amide bonds. The molecule has 0 spiro atoms. The Kier molecular flexibility index (Phi) is 10.2. The van der Waals surface area contributed by atoms with Crippen molar-refractivity contribution in [3.05, 3.63) is 29.8 Å². The van der Waals surface area contributed by atoms with Crippen molar-refractivity contribution < 1.29 is 9.53 Å². The molecule has 1 aromatic carbocycles. The summed E-state index contributed by atoms with van der Waals surface area (Å²) in [4.78, 5) is 21.4. The predicted octanol–water partition coefficient (Wildman–Crippen LogP) is 3.86. The molecule has 6 nitrogen and oxygen atoms in total. The Morgan fingerprint density at radius 1 is 1.27 bits per heavy atom. The van der Waals surface area contributed by atoms with Crippen molar-refractivity contribution in [2.45, 2.75) is 57.9 Å². The largest absolute Gasteiger partial charge is 0.497 e. The van der Waals surface area contributed by atoms with E-state index in [1.54, 1.807) is 7.11 Å². The number of rotatable bonds is 8. The number of likely N-dealkylation sites (tertiary alicyclic amines) is 2. The van der Waals surface area contributed by atoms with Gasteiger partial charge < -0.3 is 19.9 Å². The van der Waals surface area contributed by atoms with Gasteiger partial charge in [0.1, 0.15) is 5.75 Å². The van der Waals surface area contributed by atoms with Crippen LogP contribution in [-0.4, -0.2) is 67.5 Å². The van der Waals surface area contributed by atoms with Gasteiger partial charge in [0, 0.05) is 51.1 Å². The van der Waals surface area contributed by atoms with Crippen LogP contribution in [0.5, 0.6) is 5.75 Å². The van der Waals surface area contributed by atoms with Gasteiger partial charge in [0.05, 0.1) is 7.11 Å². The zero-order valence-corrected chi connectivity index (χ0v) is 20.9. The van der Waals surface area contributed by atoms with Gasteiger partial charge in [0.2, 0.25) is 5.91 Å². The first kappa shape index (κ1) is 24.8. The van der Waals surface area contributed by atoms with Gasteiger partial charge in [-0.25, -0.2) is 0 Å². The lowest BCUT2D eigenvalue weighted by atomic mass is 9.98. The summed E-state index contributed by atoms with van der Waals surface area (Å²) in [6.07, 6.45) is 4.79. The normalized spacial score (nSPS) is 20.3. The third-order valence-corrected chi connectivity index (χ3v) is 6.16. The minimum absolute atomic E-state index is 0. The summed E-state index contributed by atoms with van der Waals surface area (Å²) in [5, 5.41) is 3.46. The molecule has 2 heterocycles. The Bertz CT molecular complexity index is 695. The molecule has 2 atom stereocenters. The second-order valence-electron chi connectivity index (χ2n) is 7.98.